The lowest BCUT2D eigenvalue weighted by Gasteiger charge is -2.20. The fraction of sp³-hybridized carbons (Fsp3) is 0.500. The maximum absolute atomic E-state index is 11.1. The van der Waals surface area contributed by atoms with Gasteiger partial charge in [-0.15, -0.1) is 0 Å². The number of carbonyl (C=O) groups excluding carboxylic acids is 2. The van der Waals surface area contributed by atoms with Crippen molar-refractivity contribution in [1.29, 1.82) is 0 Å². The summed E-state index contributed by atoms with van der Waals surface area (Å²) in [7, 11) is 0.770. The maximum atomic E-state index is 11.1. The Hall–Kier alpha value is -1.30. The summed E-state index contributed by atoms with van der Waals surface area (Å²) >= 11 is 0. The Morgan fingerprint density at radius 3 is 2.21 bits per heavy atom. The van der Waals surface area contributed by atoms with Gasteiger partial charge in [-0.3, -0.25) is 14.5 Å². The number of nitrogens with zero attached hydrogens (tertiary/aromatic N) is 1. The van der Waals surface area contributed by atoms with Crippen LogP contribution in [0.15, 0.2) is 12.1 Å². The zero-order valence-corrected chi connectivity index (χ0v) is 8.23. The molecule has 0 aromatic carbocycles. The van der Waals surface area contributed by atoms with E-state index in [2.05, 4.69) is 0 Å². The summed E-state index contributed by atoms with van der Waals surface area (Å²) < 4.78 is 9.72. The van der Waals surface area contributed by atoms with E-state index in [4.69, 9.17) is 9.31 Å². The van der Waals surface area contributed by atoms with Gasteiger partial charge in [-0.25, -0.2) is 0 Å². The quantitative estimate of drug-likeness (QED) is 0.536. The maximum Gasteiger partial charge on any atom is 0.628 e. The van der Waals surface area contributed by atoms with E-state index in [0.717, 1.165) is 0 Å². The standard InChI is InChI=1S/C8H12BNO4/c1-3-4-9-13-7(11)5-10(2)6-8(12)14-9/h3-4H,5-6H2,1-2H3. The predicted molar refractivity (Wildman–Crippen MR) is 50.2 cm³/mol. The zero-order valence-electron chi connectivity index (χ0n) is 8.23. The van der Waals surface area contributed by atoms with Crippen LogP contribution in [-0.4, -0.2) is 44.1 Å². The van der Waals surface area contributed by atoms with Gasteiger partial charge in [0, 0.05) is 0 Å². The Labute approximate surface area is 82.8 Å². The van der Waals surface area contributed by atoms with Crippen LogP contribution < -0.4 is 0 Å². The summed E-state index contributed by atoms with van der Waals surface area (Å²) in [6.45, 7) is 1.96. The first kappa shape index (κ1) is 10.8. The van der Waals surface area contributed by atoms with Gasteiger partial charge in [0.2, 0.25) is 0 Å². The molecule has 0 atom stereocenters. The fourth-order valence-electron chi connectivity index (χ4n) is 1.09. The molecule has 0 amide bonds. The van der Waals surface area contributed by atoms with E-state index in [9.17, 15) is 9.59 Å². The molecule has 0 N–H and O–H groups in total. The molecule has 0 radical (unpaired) electrons. The molecule has 0 aromatic rings. The Balaban J connectivity index is 2.65. The van der Waals surface area contributed by atoms with E-state index >= 15 is 0 Å². The van der Waals surface area contributed by atoms with Crippen molar-refractivity contribution in [1.82, 2.24) is 4.90 Å². The number of likely N-dealkylation sites (N-methyl/N-ethyl adjacent to an activating group) is 1. The molecule has 1 aliphatic heterocycles. The smallest absolute Gasteiger partial charge is 0.495 e. The van der Waals surface area contributed by atoms with Crippen LogP contribution in [0.2, 0.25) is 0 Å². The first-order valence-electron chi connectivity index (χ1n) is 4.32. The van der Waals surface area contributed by atoms with Crippen molar-refractivity contribution < 1.29 is 18.9 Å². The molecule has 1 aliphatic rings. The predicted octanol–water partition coefficient (Wildman–Crippen LogP) is -0.378. The van der Waals surface area contributed by atoms with Gasteiger partial charge in [0.1, 0.15) is 0 Å². The highest BCUT2D eigenvalue weighted by Gasteiger charge is 2.28. The van der Waals surface area contributed by atoms with Gasteiger partial charge in [0.15, 0.2) is 0 Å². The average molecular weight is 197 g/mol. The number of hydrogen-bond donors (Lipinski definition) is 0. The molecule has 5 nitrogen and oxygen atoms in total. The second-order valence-electron chi connectivity index (χ2n) is 3.05. The molecule has 1 fully saturated rings. The molecule has 0 aliphatic carbocycles. The minimum atomic E-state index is -0.881. The van der Waals surface area contributed by atoms with Crippen LogP contribution in [0.25, 0.3) is 0 Å². The van der Waals surface area contributed by atoms with E-state index in [-0.39, 0.29) is 13.1 Å². The van der Waals surface area contributed by atoms with Gasteiger partial charge in [0.25, 0.3) is 0 Å². The van der Waals surface area contributed by atoms with Crippen molar-refractivity contribution in [3.05, 3.63) is 12.1 Å². The second kappa shape index (κ2) is 4.81. The lowest BCUT2D eigenvalue weighted by atomic mass is 9.89. The van der Waals surface area contributed by atoms with Gasteiger partial charge in [-0.1, -0.05) is 6.08 Å². The summed E-state index contributed by atoms with van der Waals surface area (Å²) in [5.74, 6) is 0.715. The lowest BCUT2D eigenvalue weighted by molar-refractivity contribution is -0.145. The van der Waals surface area contributed by atoms with Crippen LogP contribution in [0.4, 0.5) is 0 Å². The van der Waals surface area contributed by atoms with Crippen molar-refractivity contribution in [2.45, 2.75) is 6.92 Å². The first-order chi connectivity index (χ1) is 6.61. The van der Waals surface area contributed by atoms with Crippen molar-refractivity contribution in [2.75, 3.05) is 20.1 Å². The molecule has 0 aromatic heterocycles. The highest BCUT2D eigenvalue weighted by molar-refractivity contribution is 6.54. The topological polar surface area (TPSA) is 55.8 Å². The van der Waals surface area contributed by atoms with E-state index in [1.807, 2.05) is 0 Å². The minimum absolute atomic E-state index is 0.100. The number of hydrogen-bond acceptors (Lipinski definition) is 5. The third-order valence-electron chi connectivity index (χ3n) is 1.64. The summed E-state index contributed by atoms with van der Waals surface area (Å²) in [5, 5.41) is 0. The summed E-state index contributed by atoms with van der Waals surface area (Å²) in [4.78, 5) is 23.8. The molecule has 0 saturated carbocycles. The SMILES string of the molecule is CC=CB1OC(=O)CN(C)CC(=O)O1. The van der Waals surface area contributed by atoms with Crippen molar-refractivity contribution >= 4 is 19.1 Å². The number of rotatable bonds is 1. The van der Waals surface area contributed by atoms with E-state index in [0.29, 0.717) is 0 Å². The average Bonchev–Trinajstić information content (AvgIpc) is 2.00. The molecule has 1 saturated heterocycles. The molecule has 1 rings (SSSR count). The highest BCUT2D eigenvalue weighted by atomic mass is 16.6. The van der Waals surface area contributed by atoms with Crippen molar-refractivity contribution in [2.24, 2.45) is 0 Å². The molecule has 6 heteroatoms. The van der Waals surface area contributed by atoms with Gasteiger partial charge >= 0.3 is 19.1 Å². The molecule has 76 valence electrons. The number of allylic oxidation sites excluding steroid dienone is 1. The van der Waals surface area contributed by atoms with Crippen LogP contribution in [0.1, 0.15) is 6.92 Å². The van der Waals surface area contributed by atoms with Crippen LogP contribution in [0.3, 0.4) is 0 Å². The largest absolute Gasteiger partial charge is 0.628 e. The van der Waals surface area contributed by atoms with E-state index in [1.54, 1.807) is 20.0 Å². The Bertz CT molecular complexity index is 246. The van der Waals surface area contributed by atoms with Crippen LogP contribution in [-0.2, 0) is 18.9 Å². The van der Waals surface area contributed by atoms with Crippen LogP contribution in [0, 0.1) is 0 Å². The third-order valence-corrected chi connectivity index (χ3v) is 1.64. The second-order valence-corrected chi connectivity index (χ2v) is 3.05. The zero-order chi connectivity index (χ0) is 10.6. The fourth-order valence-corrected chi connectivity index (χ4v) is 1.09. The molecular weight excluding hydrogens is 185 g/mol. The molecule has 0 unspecified atom stereocenters. The van der Waals surface area contributed by atoms with Crippen LogP contribution in [0.5, 0.6) is 0 Å². The molecule has 1 heterocycles. The number of carbonyl (C=O) groups is 2. The summed E-state index contributed by atoms with van der Waals surface area (Å²) in [6.07, 6.45) is 1.66. The van der Waals surface area contributed by atoms with Gasteiger partial charge < -0.3 is 9.31 Å². The Morgan fingerprint density at radius 1 is 1.29 bits per heavy atom. The minimum Gasteiger partial charge on any atom is -0.495 e. The Kier molecular flexibility index (Phi) is 3.70. The monoisotopic (exact) mass is 197 g/mol. The van der Waals surface area contributed by atoms with Gasteiger partial charge in [-0.05, 0) is 19.9 Å². The van der Waals surface area contributed by atoms with E-state index < -0.39 is 19.1 Å². The molecule has 14 heavy (non-hydrogen) atoms. The normalized spacial score (nSPS) is 20.3. The highest BCUT2D eigenvalue weighted by Crippen LogP contribution is 2.00. The third kappa shape index (κ3) is 3.22. The van der Waals surface area contributed by atoms with Crippen molar-refractivity contribution in [3.63, 3.8) is 0 Å². The van der Waals surface area contributed by atoms with Gasteiger partial charge in [-0.2, -0.15) is 0 Å². The summed E-state index contributed by atoms with van der Waals surface area (Å²) in [6, 6.07) is 0. The Morgan fingerprint density at radius 2 is 1.79 bits per heavy atom. The van der Waals surface area contributed by atoms with E-state index in [1.165, 1.54) is 10.9 Å². The van der Waals surface area contributed by atoms with Gasteiger partial charge in [0.05, 0.1) is 13.1 Å². The lowest BCUT2D eigenvalue weighted by Crippen LogP contribution is -2.41. The first-order valence-corrected chi connectivity index (χ1v) is 4.32. The molecular formula is C8H12BNO4. The summed E-state index contributed by atoms with van der Waals surface area (Å²) in [5.41, 5.74) is 0. The van der Waals surface area contributed by atoms with Crippen LogP contribution >= 0.6 is 0 Å². The van der Waals surface area contributed by atoms with Crippen molar-refractivity contribution in [3.8, 4) is 0 Å². The molecule has 0 spiro atoms. The molecule has 0 bridgehead atoms.